The first kappa shape index (κ1) is 20.0. The van der Waals surface area contributed by atoms with E-state index >= 15 is 0 Å². The van der Waals surface area contributed by atoms with Crippen LogP contribution in [0.25, 0.3) is 0 Å². The third-order valence-electron chi connectivity index (χ3n) is 3.13. The van der Waals surface area contributed by atoms with Gasteiger partial charge in [-0.15, -0.1) is 13.2 Å². The molecule has 0 unspecified atom stereocenters. The van der Waals surface area contributed by atoms with Crippen LogP contribution >= 0.6 is 0 Å². The van der Waals surface area contributed by atoms with E-state index in [4.69, 9.17) is 9.47 Å². The lowest BCUT2D eigenvalue weighted by Crippen LogP contribution is -2.37. The van der Waals surface area contributed by atoms with Gasteiger partial charge in [0.2, 0.25) is 0 Å². The molecule has 25 heavy (non-hydrogen) atoms. The van der Waals surface area contributed by atoms with E-state index < -0.39 is 18.5 Å². The van der Waals surface area contributed by atoms with E-state index in [1.54, 1.807) is 36.4 Å². The van der Waals surface area contributed by atoms with Gasteiger partial charge in [0.25, 0.3) is 11.8 Å². The molecule has 0 atom stereocenters. The molecule has 2 amide bonds. The number of methoxy groups -OCH3 is 1. The summed E-state index contributed by atoms with van der Waals surface area (Å²) in [7, 11) is 1.49. The van der Waals surface area contributed by atoms with E-state index in [9.17, 15) is 14.4 Å². The maximum Gasteiger partial charge on any atom is 0.325 e. The zero-order valence-corrected chi connectivity index (χ0v) is 14.2. The second-order valence-electron chi connectivity index (χ2n) is 4.95. The lowest BCUT2D eigenvalue weighted by molar-refractivity contribution is -0.150. The lowest BCUT2D eigenvalue weighted by Gasteiger charge is -2.18. The van der Waals surface area contributed by atoms with Crippen molar-refractivity contribution in [1.82, 2.24) is 10.2 Å². The number of esters is 1. The zero-order valence-electron chi connectivity index (χ0n) is 14.2. The van der Waals surface area contributed by atoms with Crippen LogP contribution in [0, 0.1) is 0 Å². The Morgan fingerprint density at radius 1 is 1.20 bits per heavy atom. The first-order chi connectivity index (χ1) is 12.0. The predicted octanol–water partition coefficient (Wildman–Crippen LogP) is 1.17. The summed E-state index contributed by atoms with van der Waals surface area (Å²) in [6.45, 7) is 7.02. The first-order valence-corrected chi connectivity index (χ1v) is 7.59. The number of nitrogens with zero attached hydrogens (tertiary/aromatic N) is 1. The van der Waals surface area contributed by atoms with E-state index in [2.05, 4.69) is 18.5 Å². The second-order valence-corrected chi connectivity index (χ2v) is 4.95. The molecule has 0 heterocycles. The maximum atomic E-state index is 12.0. The van der Waals surface area contributed by atoms with Crippen molar-refractivity contribution < 1.29 is 23.9 Å². The van der Waals surface area contributed by atoms with Crippen LogP contribution < -0.4 is 10.1 Å². The van der Waals surface area contributed by atoms with E-state index in [0.29, 0.717) is 24.4 Å². The average Bonchev–Trinajstić information content (AvgIpc) is 2.63. The molecule has 0 spiro atoms. The van der Waals surface area contributed by atoms with Crippen molar-refractivity contribution in [3.05, 3.63) is 55.1 Å². The van der Waals surface area contributed by atoms with Gasteiger partial charge in [-0.05, 0) is 18.2 Å². The monoisotopic (exact) mass is 346 g/mol. The maximum absolute atomic E-state index is 12.0. The molecule has 1 N–H and O–H groups in total. The van der Waals surface area contributed by atoms with Crippen LogP contribution in [0.15, 0.2) is 49.6 Å². The Morgan fingerprint density at radius 3 is 2.48 bits per heavy atom. The molecule has 0 radical (unpaired) electrons. The summed E-state index contributed by atoms with van der Waals surface area (Å²) in [5, 5.41) is 2.43. The number of ether oxygens (including phenoxy) is 2. The van der Waals surface area contributed by atoms with E-state index in [1.165, 1.54) is 12.0 Å². The zero-order chi connectivity index (χ0) is 18.7. The van der Waals surface area contributed by atoms with E-state index in [-0.39, 0.29) is 12.5 Å². The molecule has 134 valence electrons. The van der Waals surface area contributed by atoms with Crippen LogP contribution in [0.1, 0.15) is 10.4 Å². The highest BCUT2D eigenvalue weighted by molar-refractivity contribution is 5.96. The molecular formula is C18H22N2O5. The largest absolute Gasteiger partial charge is 0.497 e. The number of carbonyl (C=O) groups excluding carboxylic acids is 3. The summed E-state index contributed by atoms with van der Waals surface area (Å²) in [5.74, 6) is -0.985. The standard InChI is InChI=1S/C18H22N2O5/c1-4-9-20(10-5-2)16(21)13-25-17(22)12-19-18(23)14-7-6-8-15(11-14)24-3/h4-8,11H,1-2,9-10,12-13H2,3H3,(H,19,23). The molecule has 7 nitrogen and oxygen atoms in total. The Labute approximate surface area is 146 Å². The van der Waals surface area contributed by atoms with Gasteiger partial charge in [0.1, 0.15) is 12.3 Å². The Kier molecular flexibility index (Phi) is 8.49. The highest BCUT2D eigenvalue weighted by Crippen LogP contribution is 2.12. The number of nitrogens with one attached hydrogen (secondary N) is 1. The summed E-state index contributed by atoms with van der Waals surface area (Å²) in [5.41, 5.74) is 0.353. The van der Waals surface area contributed by atoms with Gasteiger partial charge >= 0.3 is 5.97 Å². The molecule has 0 saturated heterocycles. The topological polar surface area (TPSA) is 84.9 Å². The van der Waals surface area contributed by atoms with Gasteiger partial charge in [-0.2, -0.15) is 0 Å². The second kappa shape index (κ2) is 10.6. The van der Waals surface area contributed by atoms with Crippen molar-refractivity contribution in [2.45, 2.75) is 0 Å². The molecule has 1 aromatic carbocycles. The minimum Gasteiger partial charge on any atom is -0.497 e. The fourth-order valence-corrected chi connectivity index (χ4v) is 1.89. The molecule has 1 rings (SSSR count). The van der Waals surface area contributed by atoms with Gasteiger partial charge in [0.15, 0.2) is 6.61 Å². The molecule has 0 aromatic heterocycles. The highest BCUT2D eigenvalue weighted by Gasteiger charge is 2.14. The molecule has 7 heteroatoms. The molecule has 0 bridgehead atoms. The van der Waals surface area contributed by atoms with Crippen molar-refractivity contribution in [2.75, 3.05) is 33.4 Å². The molecule has 0 aliphatic heterocycles. The molecule has 0 saturated carbocycles. The summed E-state index contributed by atoms with van der Waals surface area (Å²) in [6.07, 6.45) is 3.13. The van der Waals surface area contributed by atoms with Crippen molar-refractivity contribution >= 4 is 17.8 Å². The fourth-order valence-electron chi connectivity index (χ4n) is 1.89. The Balaban J connectivity index is 2.43. The smallest absolute Gasteiger partial charge is 0.325 e. The third-order valence-corrected chi connectivity index (χ3v) is 3.13. The number of amides is 2. The van der Waals surface area contributed by atoms with Crippen LogP contribution in [0.2, 0.25) is 0 Å². The van der Waals surface area contributed by atoms with E-state index in [0.717, 1.165) is 0 Å². The van der Waals surface area contributed by atoms with Gasteiger partial charge < -0.3 is 19.7 Å². The van der Waals surface area contributed by atoms with Crippen molar-refractivity contribution in [2.24, 2.45) is 0 Å². The van der Waals surface area contributed by atoms with Gasteiger partial charge in [-0.3, -0.25) is 14.4 Å². The van der Waals surface area contributed by atoms with Gasteiger partial charge in [0, 0.05) is 18.7 Å². The van der Waals surface area contributed by atoms with Crippen LogP contribution in [0.3, 0.4) is 0 Å². The third kappa shape index (κ3) is 6.90. The van der Waals surface area contributed by atoms with Crippen LogP contribution in [-0.4, -0.2) is 56.0 Å². The Morgan fingerprint density at radius 2 is 1.88 bits per heavy atom. The van der Waals surface area contributed by atoms with Gasteiger partial charge in [-0.1, -0.05) is 18.2 Å². The summed E-state index contributed by atoms with van der Waals surface area (Å²) >= 11 is 0. The lowest BCUT2D eigenvalue weighted by atomic mass is 10.2. The highest BCUT2D eigenvalue weighted by atomic mass is 16.5. The van der Waals surface area contributed by atoms with Crippen LogP contribution in [0.4, 0.5) is 0 Å². The van der Waals surface area contributed by atoms with Crippen molar-refractivity contribution in [3.63, 3.8) is 0 Å². The van der Waals surface area contributed by atoms with E-state index in [1.807, 2.05) is 0 Å². The fraction of sp³-hybridized carbons (Fsp3) is 0.278. The summed E-state index contributed by atoms with van der Waals surface area (Å²) in [6, 6.07) is 6.51. The van der Waals surface area contributed by atoms with Crippen molar-refractivity contribution in [1.29, 1.82) is 0 Å². The minimum atomic E-state index is -0.707. The minimum absolute atomic E-state index is 0.328. The van der Waals surface area contributed by atoms with Crippen molar-refractivity contribution in [3.8, 4) is 5.75 Å². The predicted molar refractivity (Wildman–Crippen MR) is 93.3 cm³/mol. The Hall–Kier alpha value is -3.09. The Bertz CT molecular complexity index is 632. The molecule has 1 aromatic rings. The SMILES string of the molecule is C=CCN(CC=C)C(=O)COC(=O)CNC(=O)c1cccc(OC)c1. The number of hydrogen-bond acceptors (Lipinski definition) is 5. The summed E-state index contributed by atoms with van der Waals surface area (Å²) in [4.78, 5) is 37.0. The number of carbonyl (C=O) groups is 3. The summed E-state index contributed by atoms with van der Waals surface area (Å²) < 4.78 is 9.90. The number of hydrogen-bond donors (Lipinski definition) is 1. The molecule has 0 aliphatic rings. The van der Waals surface area contributed by atoms with Crippen LogP contribution in [0.5, 0.6) is 5.75 Å². The number of benzene rings is 1. The van der Waals surface area contributed by atoms with Gasteiger partial charge in [-0.25, -0.2) is 0 Å². The normalized spacial score (nSPS) is 9.64. The number of rotatable bonds is 10. The quantitative estimate of drug-likeness (QED) is 0.508. The molecule has 0 aliphatic carbocycles. The van der Waals surface area contributed by atoms with Gasteiger partial charge in [0.05, 0.1) is 7.11 Å². The first-order valence-electron chi connectivity index (χ1n) is 7.59. The molecule has 0 fully saturated rings. The average molecular weight is 346 g/mol. The van der Waals surface area contributed by atoms with Crippen LogP contribution in [-0.2, 0) is 14.3 Å². The molecular weight excluding hydrogens is 324 g/mol.